The molecule has 6 heteroatoms. The number of amides is 1. The van der Waals surface area contributed by atoms with Gasteiger partial charge >= 0.3 is 0 Å². The minimum Gasteiger partial charge on any atom is -0.507 e. The zero-order valence-corrected chi connectivity index (χ0v) is 20.7. The first-order valence-electron chi connectivity index (χ1n) is 12.5. The van der Waals surface area contributed by atoms with E-state index in [0.717, 1.165) is 57.3 Å². The summed E-state index contributed by atoms with van der Waals surface area (Å²) < 4.78 is 0. The maximum Gasteiger partial charge on any atom is 0.295 e. The Bertz CT molecular complexity index is 978. The van der Waals surface area contributed by atoms with Gasteiger partial charge in [0.1, 0.15) is 11.8 Å². The molecule has 2 aromatic rings. The molecule has 1 N–H and O–H groups in total. The number of ketones is 1. The van der Waals surface area contributed by atoms with E-state index in [4.69, 9.17) is 0 Å². The number of aryl methyl sites for hydroxylation is 1. The molecule has 3 rings (SSSR count). The molecule has 34 heavy (non-hydrogen) atoms. The summed E-state index contributed by atoms with van der Waals surface area (Å²) in [6.07, 6.45) is 7.01. The fourth-order valence-corrected chi connectivity index (χ4v) is 4.39. The number of benzene rings is 1. The highest BCUT2D eigenvalue weighted by Crippen LogP contribution is 2.38. The van der Waals surface area contributed by atoms with Gasteiger partial charge in [0, 0.05) is 18.3 Å². The summed E-state index contributed by atoms with van der Waals surface area (Å²) in [5, 5.41) is 11.1. The summed E-state index contributed by atoms with van der Waals surface area (Å²) in [6.45, 7) is 9.75. The number of aliphatic hydroxyl groups is 1. The molecule has 1 atom stereocenters. The number of hydrogen-bond donors (Lipinski definition) is 1. The molecule has 0 bridgehead atoms. The first-order chi connectivity index (χ1) is 16.5. The molecule has 0 radical (unpaired) electrons. The Morgan fingerprint density at radius 2 is 1.62 bits per heavy atom. The molecular weight excluding hydrogens is 426 g/mol. The summed E-state index contributed by atoms with van der Waals surface area (Å²) in [6, 6.07) is 12.0. The summed E-state index contributed by atoms with van der Waals surface area (Å²) in [5.74, 6) is -1.37. The Hall–Kier alpha value is -2.99. The molecule has 1 aromatic carbocycles. The van der Waals surface area contributed by atoms with Gasteiger partial charge in [-0.3, -0.25) is 14.6 Å². The van der Waals surface area contributed by atoms with Gasteiger partial charge in [-0.2, -0.15) is 0 Å². The van der Waals surface area contributed by atoms with Crippen LogP contribution in [0.4, 0.5) is 0 Å². The minimum absolute atomic E-state index is 0.112. The van der Waals surface area contributed by atoms with Crippen LogP contribution < -0.4 is 0 Å². The zero-order chi connectivity index (χ0) is 24.5. The number of carbonyl (C=O) groups excluding carboxylic acids is 2. The van der Waals surface area contributed by atoms with Crippen molar-refractivity contribution in [1.82, 2.24) is 14.8 Å². The zero-order valence-electron chi connectivity index (χ0n) is 20.7. The molecular formula is C28H37N3O3. The van der Waals surface area contributed by atoms with Crippen LogP contribution in [0.25, 0.3) is 5.76 Å². The second-order valence-electron chi connectivity index (χ2n) is 9.02. The second-order valence-corrected chi connectivity index (χ2v) is 9.02. The van der Waals surface area contributed by atoms with Crippen LogP contribution in [-0.4, -0.2) is 57.8 Å². The van der Waals surface area contributed by atoms with Gasteiger partial charge in [0.25, 0.3) is 11.7 Å². The maximum absolute atomic E-state index is 13.1. The van der Waals surface area contributed by atoms with Gasteiger partial charge < -0.3 is 14.9 Å². The van der Waals surface area contributed by atoms with E-state index < -0.39 is 17.7 Å². The summed E-state index contributed by atoms with van der Waals surface area (Å²) in [7, 11) is 0. The van der Waals surface area contributed by atoms with Crippen molar-refractivity contribution in [3.05, 3.63) is 71.1 Å². The number of hydrogen-bond acceptors (Lipinski definition) is 5. The fourth-order valence-electron chi connectivity index (χ4n) is 4.39. The van der Waals surface area contributed by atoms with Crippen molar-refractivity contribution >= 4 is 17.4 Å². The van der Waals surface area contributed by atoms with Crippen molar-refractivity contribution in [1.29, 1.82) is 0 Å². The quantitative estimate of drug-likeness (QED) is 0.269. The van der Waals surface area contributed by atoms with Crippen molar-refractivity contribution in [2.45, 2.75) is 58.9 Å². The van der Waals surface area contributed by atoms with Crippen LogP contribution >= 0.6 is 0 Å². The molecule has 1 amide bonds. The van der Waals surface area contributed by atoms with E-state index in [2.05, 4.69) is 23.7 Å². The van der Waals surface area contributed by atoms with Gasteiger partial charge in [-0.1, -0.05) is 62.6 Å². The Kier molecular flexibility index (Phi) is 9.40. The number of pyridine rings is 1. The standard InChI is InChI=1S/C28H37N3O3/c1-4-6-17-30(18-7-5-2)19-10-20-31-25(23-11-8-9-16-29-23)24(27(33)28(31)34)26(32)22-14-12-21(3)13-15-22/h8-9,11-16,25,32H,4-7,10,17-20H2,1-3H3/b26-24+. The lowest BCUT2D eigenvalue weighted by molar-refractivity contribution is -0.140. The smallest absolute Gasteiger partial charge is 0.295 e. The Morgan fingerprint density at radius 1 is 0.971 bits per heavy atom. The molecule has 1 aliphatic heterocycles. The van der Waals surface area contributed by atoms with E-state index in [1.54, 1.807) is 35.4 Å². The highest BCUT2D eigenvalue weighted by Gasteiger charge is 2.46. The van der Waals surface area contributed by atoms with E-state index >= 15 is 0 Å². The Balaban J connectivity index is 1.87. The first-order valence-corrected chi connectivity index (χ1v) is 12.5. The molecule has 0 aliphatic carbocycles. The molecule has 6 nitrogen and oxygen atoms in total. The Labute approximate surface area is 203 Å². The lowest BCUT2D eigenvalue weighted by atomic mass is 9.98. The predicted molar refractivity (Wildman–Crippen MR) is 135 cm³/mol. The van der Waals surface area contributed by atoms with Crippen molar-refractivity contribution < 1.29 is 14.7 Å². The highest BCUT2D eigenvalue weighted by atomic mass is 16.3. The average Bonchev–Trinajstić information content (AvgIpc) is 3.11. The molecule has 0 spiro atoms. The van der Waals surface area contributed by atoms with E-state index in [1.807, 2.05) is 25.1 Å². The number of aliphatic hydroxyl groups excluding tert-OH is 1. The van der Waals surface area contributed by atoms with Crippen molar-refractivity contribution in [2.24, 2.45) is 0 Å². The van der Waals surface area contributed by atoms with Crippen molar-refractivity contribution in [2.75, 3.05) is 26.2 Å². The number of nitrogens with zero attached hydrogens (tertiary/aromatic N) is 3. The highest BCUT2D eigenvalue weighted by molar-refractivity contribution is 6.46. The number of carbonyl (C=O) groups is 2. The number of aromatic nitrogens is 1. The summed E-state index contributed by atoms with van der Waals surface area (Å²) in [5.41, 5.74) is 2.27. The van der Waals surface area contributed by atoms with Crippen LogP contribution in [0.2, 0.25) is 0 Å². The van der Waals surface area contributed by atoms with Crippen LogP contribution in [0, 0.1) is 6.92 Å². The van der Waals surface area contributed by atoms with Gasteiger partial charge in [0.05, 0.1) is 11.3 Å². The Morgan fingerprint density at radius 3 is 2.21 bits per heavy atom. The third kappa shape index (κ3) is 6.11. The molecule has 1 aromatic heterocycles. The second kappa shape index (κ2) is 12.5. The van der Waals surface area contributed by atoms with Gasteiger partial charge in [-0.05, 0) is 58.0 Å². The van der Waals surface area contributed by atoms with Gasteiger partial charge in [0.2, 0.25) is 0 Å². The molecule has 1 saturated heterocycles. The van der Waals surface area contributed by atoms with E-state index in [-0.39, 0.29) is 11.3 Å². The lowest BCUT2D eigenvalue weighted by Crippen LogP contribution is -2.34. The van der Waals surface area contributed by atoms with Crippen LogP contribution in [0.3, 0.4) is 0 Å². The van der Waals surface area contributed by atoms with Crippen molar-refractivity contribution in [3.63, 3.8) is 0 Å². The first kappa shape index (κ1) is 25.6. The van der Waals surface area contributed by atoms with E-state index in [9.17, 15) is 14.7 Å². The normalized spacial score (nSPS) is 17.6. The van der Waals surface area contributed by atoms with Gasteiger partial charge in [0.15, 0.2) is 0 Å². The largest absolute Gasteiger partial charge is 0.507 e. The van der Waals surface area contributed by atoms with E-state index in [0.29, 0.717) is 17.8 Å². The van der Waals surface area contributed by atoms with Crippen molar-refractivity contribution in [3.8, 4) is 0 Å². The lowest BCUT2D eigenvalue weighted by Gasteiger charge is -2.27. The topological polar surface area (TPSA) is 73.7 Å². The maximum atomic E-state index is 13.1. The monoisotopic (exact) mass is 463 g/mol. The molecule has 1 unspecified atom stereocenters. The number of likely N-dealkylation sites (tertiary alicyclic amines) is 1. The van der Waals surface area contributed by atoms with Crippen LogP contribution in [0.1, 0.15) is 68.8 Å². The van der Waals surface area contributed by atoms with Gasteiger partial charge in [-0.15, -0.1) is 0 Å². The average molecular weight is 464 g/mol. The predicted octanol–water partition coefficient (Wildman–Crippen LogP) is 5.10. The molecule has 1 fully saturated rings. The number of unbranched alkanes of at least 4 members (excludes halogenated alkanes) is 2. The third-order valence-corrected chi connectivity index (χ3v) is 6.36. The third-order valence-electron chi connectivity index (χ3n) is 6.36. The van der Waals surface area contributed by atoms with Crippen LogP contribution in [0.15, 0.2) is 54.2 Å². The van der Waals surface area contributed by atoms with Crippen LogP contribution in [-0.2, 0) is 9.59 Å². The SMILES string of the molecule is CCCCN(CCCC)CCCN1C(=O)C(=O)/C(=C(/O)c2ccc(C)cc2)C1c1ccccn1. The molecule has 1 aliphatic rings. The van der Waals surface area contributed by atoms with Crippen LogP contribution in [0.5, 0.6) is 0 Å². The molecule has 182 valence electrons. The molecule has 2 heterocycles. The minimum atomic E-state index is -0.692. The van der Waals surface area contributed by atoms with Gasteiger partial charge in [-0.25, -0.2) is 0 Å². The van der Waals surface area contributed by atoms with E-state index in [1.165, 1.54) is 0 Å². The molecule has 0 saturated carbocycles. The number of rotatable bonds is 12. The summed E-state index contributed by atoms with van der Waals surface area (Å²) in [4.78, 5) is 34.7. The summed E-state index contributed by atoms with van der Waals surface area (Å²) >= 11 is 0. The fraction of sp³-hybridized carbons (Fsp3) is 0.464. The number of Topliss-reactive ketones (excluding diaryl/α,β-unsaturated/α-hetero) is 1.